The van der Waals surface area contributed by atoms with Crippen molar-refractivity contribution in [2.75, 3.05) is 5.88 Å². The highest BCUT2D eigenvalue weighted by atomic mass is 35.5. The van der Waals surface area contributed by atoms with Gasteiger partial charge in [0.15, 0.2) is 0 Å². The lowest BCUT2D eigenvalue weighted by atomic mass is 9.96. The molecule has 1 N–H and O–H groups in total. The van der Waals surface area contributed by atoms with E-state index >= 15 is 0 Å². The molecule has 0 aliphatic heterocycles. The van der Waals surface area contributed by atoms with Gasteiger partial charge in [-0.1, -0.05) is 0 Å². The third-order valence-corrected chi connectivity index (χ3v) is 3.27. The quantitative estimate of drug-likeness (QED) is 0.808. The van der Waals surface area contributed by atoms with Crippen molar-refractivity contribution < 1.29 is 4.79 Å². The van der Waals surface area contributed by atoms with Crippen molar-refractivity contribution in [2.45, 2.75) is 32.2 Å². The van der Waals surface area contributed by atoms with E-state index in [9.17, 15) is 4.79 Å². The molecule has 2 rings (SSSR count). The first-order valence-electron chi connectivity index (χ1n) is 5.58. The largest absolute Gasteiger partial charge is 0.349 e. The zero-order valence-corrected chi connectivity index (χ0v) is 10.2. The highest BCUT2D eigenvalue weighted by molar-refractivity contribution is 6.27. The van der Waals surface area contributed by atoms with Crippen molar-refractivity contribution in [3.05, 3.63) is 17.0 Å². The van der Waals surface area contributed by atoms with Crippen molar-refractivity contribution in [1.29, 1.82) is 0 Å². The Bertz CT molecular complexity index is 400. The molecule has 0 unspecified atom stereocenters. The number of hydrogen-bond acceptors (Lipinski definition) is 2. The van der Waals surface area contributed by atoms with Gasteiger partial charge in [-0.15, -0.1) is 11.6 Å². The number of halogens is 1. The summed E-state index contributed by atoms with van der Waals surface area (Å²) < 4.78 is 1.88. The van der Waals surface area contributed by atoms with E-state index in [4.69, 9.17) is 11.6 Å². The van der Waals surface area contributed by atoms with Crippen LogP contribution in [0, 0.1) is 0 Å². The van der Waals surface area contributed by atoms with Gasteiger partial charge in [-0.25, -0.2) is 0 Å². The maximum Gasteiger partial charge on any atom is 0.235 e. The number of amides is 1. The Morgan fingerprint density at radius 3 is 3.00 bits per heavy atom. The average molecular weight is 242 g/mol. The molecule has 0 radical (unpaired) electrons. The van der Waals surface area contributed by atoms with E-state index in [-0.39, 0.29) is 11.8 Å². The number of fused-ring (bicyclic) bond motifs is 1. The maximum absolute atomic E-state index is 11.1. The molecule has 16 heavy (non-hydrogen) atoms. The smallest absolute Gasteiger partial charge is 0.235 e. The second-order valence-corrected chi connectivity index (χ2v) is 4.38. The number of aromatic nitrogens is 2. The van der Waals surface area contributed by atoms with Crippen molar-refractivity contribution in [1.82, 2.24) is 15.1 Å². The van der Waals surface area contributed by atoms with E-state index in [1.54, 1.807) is 0 Å². The third kappa shape index (κ3) is 2.21. The average Bonchev–Trinajstić information content (AvgIpc) is 2.62. The van der Waals surface area contributed by atoms with E-state index in [0.29, 0.717) is 6.54 Å². The summed E-state index contributed by atoms with van der Waals surface area (Å²) in [4.78, 5) is 11.1. The number of alkyl halides is 1. The minimum Gasteiger partial charge on any atom is -0.349 e. The Morgan fingerprint density at radius 2 is 2.25 bits per heavy atom. The Morgan fingerprint density at radius 1 is 1.50 bits per heavy atom. The fraction of sp³-hybridized carbons (Fsp3) is 0.636. The monoisotopic (exact) mass is 241 g/mol. The van der Waals surface area contributed by atoms with Crippen LogP contribution in [0.1, 0.15) is 29.8 Å². The molecule has 0 aromatic carbocycles. The minimum absolute atomic E-state index is 0.0139. The van der Waals surface area contributed by atoms with E-state index in [2.05, 4.69) is 10.4 Å². The number of aryl methyl sites for hydroxylation is 2. The summed E-state index contributed by atoms with van der Waals surface area (Å²) in [6, 6.07) is 0. The molecule has 0 saturated heterocycles. The minimum atomic E-state index is -0.132. The number of nitrogens with one attached hydrogen (secondary N) is 1. The molecule has 0 spiro atoms. The van der Waals surface area contributed by atoms with Crippen LogP contribution in [0.5, 0.6) is 0 Å². The predicted molar refractivity (Wildman–Crippen MR) is 62.4 cm³/mol. The fourth-order valence-electron chi connectivity index (χ4n) is 2.20. The fourth-order valence-corrected chi connectivity index (χ4v) is 2.29. The van der Waals surface area contributed by atoms with E-state index in [1.807, 2.05) is 11.7 Å². The van der Waals surface area contributed by atoms with Crippen molar-refractivity contribution in [3.8, 4) is 0 Å². The van der Waals surface area contributed by atoms with Gasteiger partial charge in [0.1, 0.15) is 5.88 Å². The van der Waals surface area contributed by atoms with Crippen molar-refractivity contribution in [3.63, 3.8) is 0 Å². The number of nitrogens with zero attached hydrogens (tertiary/aromatic N) is 2. The van der Waals surface area contributed by atoms with Gasteiger partial charge >= 0.3 is 0 Å². The van der Waals surface area contributed by atoms with Crippen molar-refractivity contribution in [2.24, 2.45) is 7.05 Å². The first-order valence-corrected chi connectivity index (χ1v) is 6.12. The van der Waals surface area contributed by atoms with Crippen LogP contribution in [0.15, 0.2) is 0 Å². The second-order valence-electron chi connectivity index (χ2n) is 4.11. The molecular formula is C11H16ClN3O. The Kier molecular flexibility index (Phi) is 3.49. The summed E-state index contributed by atoms with van der Waals surface area (Å²) in [5.74, 6) is -0.118. The van der Waals surface area contributed by atoms with E-state index in [0.717, 1.165) is 18.5 Å². The standard InChI is InChI=1S/C11H16ClN3O/c1-15-10(7-13-11(16)6-12)8-4-2-3-5-9(8)14-15/h2-7H2,1H3,(H,13,16). The number of carbonyl (C=O) groups is 1. The molecule has 88 valence electrons. The highest BCUT2D eigenvalue weighted by Crippen LogP contribution is 2.23. The van der Waals surface area contributed by atoms with Gasteiger partial charge in [0.05, 0.1) is 17.9 Å². The molecule has 4 nitrogen and oxygen atoms in total. The summed E-state index contributed by atoms with van der Waals surface area (Å²) in [5, 5.41) is 7.28. The molecule has 1 aliphatic carbocycles. The van der Waals surface area contributed by atoms with Gasteiger partial charge in [-0.05, 0) is 31.2 Å². The van der Waals surface area contributed by atoms with Crippen LogP contribution in [-0.2, 0) is 31.2 Å². The Balaban J connectivity index is 2.13. The zero-order valence-electron chi connectivity index (χ0n) is 9.42. The van der Waals surface area contributed by atoms with Crippen LogP contribution in [0.25, 0.3) is 0 Å². The molecule has 0 fully saturated rings. The van der Waals surface area contributed by atoms with Crippen LogP contribution < -0.4 is 5.32 Å². The molecule has 1 aliphatic rings. The number of hydrogen-bond donors (Lipinski definition) is 1. The summed E-state index contributed by atoms with van der Waals surface area (Å²) in [6.07, 6.45) is 4.58. The van der Waals surface area contributed by atoms with Crippen LogP contribution in [0.3, 0.4) is 0 Å². The number of rotatable bonds is 3. The van der Waals surface area contributed by atoms with E-state index < -0.39 is 0 Å². The van der Waals surface area contributed by atoms with Gasteiger partial charge in [0.2, 0.25) is 5.91 Å². The van der Waals surface area contributed by atoms with Gasteiger partial charge in [0, 0.05) is 7.05 Å². The predicted octanol–water partition coefficient (Wildman–Crippen LogP) is 1.15. The van der Waals surface area contributed by atoms with Crippen LogP contribution in [0.2, 0.25) is 0 Å². The summed E-state index contributed by atoms with van der Waals surface area (Å²) in [7, 11) is 1.93. The van der Waals surface area contributed by atoms with Gasteiger partial charge < -0.3 is 5.32 Å². The number of carbonyl (C=O) groups excluding carboxylic acids is 1. The lowest BCUT2D eigenvalue weighted by Gasteiger charge is -2.11. The molecule has 1 aromatic heterocycles. The molecule has 0 atom stereocenters. The summed E-state index contributed by atoms with van der Waals surface area (Å²) >= 11 is 5.44. The zero-order chi connectivity index (χ0) is 11.5. The third-order valence-electron chi connectivity index (χ3n) is 3.02. The summed E-state index contributed by atoms with van der Waals surface area (Å²) in [6.45, 7) is 0.532. The second kappa shape index (κ2) is 4.87. The maximum atomic E-state index is 11.1. The first kappa shape index (κ1) is 11.5. The Labute approximate surface area is 100.0 Å². The highest BCUT2D eigenvalue weighted by Gasteiger charge is 2.18. The van der Waals surface area contributed by atoms with Gasteiger partial charge in [-0.2, -0.15) is 5.10 Å². The molecule has 0 saturated carbocycles. The van der Waals surface area contributed by atoms with Gasteiger partial charge in [-0.3, -0.25) is 9.48 Å². The molecule has 1 heterocycles. The summed E-state index contributed by atoms with van der Waals surface area (Å²) in [5.41, 5.74) is 3.64. The molecule has 1 amide bonds. The topological polar surface area (TPSA) is 46.9 Å². The molecular weight excluding hydrogens is 226 g/mol. The van der Waals surface area contributed by atoms with Gasteiger partial charge in [0.25, 0.3) is 0 Å². The lowest BCUT2D eigenvalue weighted by Crippen LogP contribution is -2.25. The lowest BCUT2D eigenvalue weighted by molar-refractivity contribution is -0.118. The van der Waals surface area contributed by atoms with E-state index in [1.165, 1.54) is 24.1 Å². The van der Waals surface area contributed by atoms with Crippen molar-refractivity contribution >= 4 is 17.5 Å². The molecule has 1 aromatic rings. The Hall–Kier alpha value is -1.03. The van der Waals surface area contributed by atoms with Crippen LogP contribution in [-0.4, -0.2) is 21.6 Å². The SMILES string of the molecule is Cn1nc2c(c1CNC(=O)CCl)CCCC2. The van der Waals surface area contributed by atoms with Crippen LogP contribution >= 0.6 is 11.6 Å². The molecule has 5 heteroatoms. The first-order chi connectivity index (χ1) is 7.72. The normalized spacial score (nSPS) is 14.6. The molecule has 0 bridgehead atoms. The van der Waals surface area contributed by atoms with Crippen LogP contribution in [0.4, 0.5) is 0 Å².